The van der Waals surface area contributed by atoms with E-state index in [4.69, 9.17) is 8.85 Å². The molecule has 0 atom stereocenters. The van der Waals surface area contributed by atoms with Crippen molar-refractivity contribution in [1.82, 2.24) is 9.88 Å². The van der Waals surface area contributed by atoms with E-state index in [-0.39, 0.29) is 11.3 Å². The number of aromatic nitrogens is 1. The monoisotopic (exact) mass is 249 g/mol. The van der Waals surface area contributed by atoms with Gasteiger partial charge in [-0.15, -0.1) is 0 Å². The molecular formula is C13H14N2O3. The molecule has 1 aromatic heterocycles. The fourth-order valence-corrected chi connectivity index (χ4v) is 1.67. The topological polar surface area (TPSA) is 62.4 Å². The van der Waals surface area contributed by atoms with Crippen LogP contribution in [0.25, 0.3) is 10.9 Å². The second-order valence-corrected chi connectivity index (χ2v) is 4.04. The van der Waals surface area contributed by atoms with Gasteiger partial charge in [0, 0.05) is 31.2 Å². The van der Waals surface area contributed by atoms with Crippen LogP contribution in [0.4, 0.5) is 0 Å². The second kappa shape index (κ2) is 4.52. The first kappa shape index (κ1) is 8.74. The normalized spacial score (nSPS) is 13.6. The summed E-state index contributed by atoms with van der Waals surface area (Å²) < 4.78 is 26.0. The molecule has 0 aliphatic carbocycles. The fraction of sp³-hybridized carbons (Fsp3) is 0.231. The first-order valence-electron chi connectivity index (χ1n) is 6.75. The van der Waals surface area contributed by atoms with E-state index in [1.165, 1.54) is 37.3 Å². The molecular weight excluding hydrogens is 232 g/mol. The molecule has 1 aromatic carbocycles. The smallest absolute Gasteiger partial charge is 0.294 e. The van der Waals surface area contributed by atoms with Gasteiger partial charge in [-0.25, -0.2) is 0 Å². The van der Waals surface area contributed by atoms with Crippen LogP contribution in [0.2, 0.25) is 0 Å². The zero-order valence-corrected chi connectivity index (χ0v) is 9.98. The highest BCUT2D eigenvalue weighted by molar-refractivity contribution is 6.44. The quantitative estimate of drug-likeness (QED) is 0.661. The van der Waals surface area contributed by atoms with Gasteiger partial charge in [-0.1, -0.05) is 0 Å². The SMILES string of the molecule is [2H]C([2H])([2H])Oc1ccc2[nH]cc(C(=O)C(=O)N(C)C)c2c1. The van der Waals surface area contributed by atoms with Gasteiger partial charge in [0.1, 0.15) is 5.75 Å². The summed E-state index contributed by atoms with van der Waals surface area (Å²) in [4.78, 5) is 27.9. The first-order valence-corrected chi connectivity index (χ1v) is 5.25. The van der Waals surface area contributed by atoms with Crippen LogP contribution in [0.5, 0.6) is 5.75 Å². The van der Waals surface area contributed by atoms with Crippen molar-refractivity contribution in [3.8, 4) is 5.75 Å². The van der Waals surface area contributed by atoms with Crippen molar-refractivity contribution < 1.29 is 18.4 Å². The predicted octanol–water partition coefficient (Wildman–Crippen LogP) is 1.45. The highest BCUT2D eigenvalue weighted by atomic mass is 16.5. The van der Waals surface area contributed by atoms with Gasteiger partial charge in [0.2, 0.25) is 0 Å². The van der Waals surface area contributed by atoms with Crippen LogP contribution >= 0.6 is 0 Å². The molecule has 0 saturated heterocycles. The highest BCUT2D eigenvalue weighted by Crippen LogP contribution is 2.24. The number of hydrogen-bond acceptors (Lipinski definition) is 3. The summed E-state index contributed by atoms with van der Waals surface area (Å²) in [5.41, 5.74) is 0.794. The summed E-state index contributed by atoms with van der Waals surface area (Å²) in [5.74, 6) is -1.22. The summed E-state index contributed by atoms with van der Waals surface area (Å²) in [6, 6.07) is 4.49. The third kappa shape index (κ3) is 1.95. The number of carbonyl (C=O) groups is 2. The van der Waals surface area contributed by atoms with E-state index in [9.17, 15) is 9.59 Å². The van der Waals surface area contributed by atoms with E-state index >= 15 is 0 Å². The number of hydrogen-bond donors (Lipinski definition) is 1. The molecule has 1 heterocycles. The fourth-order valence-electron chi connectivity index (χ4n) is 1.67. The second-order valence-electron chi connectivity index (χ2n) is 4.04. The summed E-state index contributed by atoms with van der Waals surface area (Å²) >= 11 is 0. The number of ketones is 1. The van der Waals surface area contributed by atoms with Gasteiger partial charge in [-0.05, 0) is 18.2 Å². The number of Topliss-reactive ketones (excluding diaryl/α,β-unsaturated/α-hetero) is 1. The summed E-state index contributed by atoms with van der Waals surface area (Å²) in [6.07, 6.45) is 1.42. The lowest BCUT2D eigenvalue weighted by Crippen LogP contribution is -2.29. The number of likely N-dealkylation sites (N-methyl/N-ethyl adjacent to an activating group) is 1. The van der Waals surface area contributed by atoms with Crippen molar-refractivity contribution in [3.05, 3.63) is 30.0 Å². The van der Waals surface area contributed by atoms with Crippen LogP contribution in [-0.4, -0.2) is 42.7 Å². The third-order valence-electron chi connectivity index (χ3n) is 2.62. The molecule has 94 valence electrons. The van der Waals surface area contributed by atoms with Gasteiger partial charge < -0.3 is 14.6 Å². The van der Waals surface area contributed by atoms with E-state index in [1.807, 2.05) is 0 Å². The number of benzene rings is 1. The van der Waals surface area contributed by atoms with Crippen molar-refractivity contribution in [3.63, 3.8) is 0 Å². The summed E-state index contributed by atoms with van der Waals surface area (Å²) in [7, 11) is 0.393. The van der Waals surface area contributed by atoms with Gasteiger partial charge in [0.25, 0.3) is 11.7 Å². The Balaban J connectivity index is 2.44. The van der Waals surface area contributed by atoms with Crippen LogP contribution < -0.4 is 4.74 Å². The summed E-state index contributed by atoms with van der Waals surface area (Å²) in [6.45, 7) is 0. The number of aromatic amines is 1. The molecule has 1 N–H and O–H groups in total. The molecule has 0 aliphatic rings. The van der Waals surface area contributed by atoms with Crippen molar-refractivity contribution in [2.24, 2.45) is 0 Å². The van der Waals surface area contributed by atoms with Gasteiger partial charge >= 0.3 is 0 Å². The number of H-pyrrole nitrogens is 1. The van der Waals surface area contributed by atoms with Crippen LogP contribution in [0.1, 0.15) is 14.5 Å². The van der Waals surface area contributed by atoms with E-state index in [2.05, 4.69) is 4.98 Å². The minimum atomic E-state index is -2.58. The number of nitrogens with one attached hydrogen (secondary N) is 1. The molecule has 0 aliphatic heterocycles. The van der Waals surface area contributed by atoms with Crippen LogP contribution in [0.3, 0.4) is 0 Å². The van der Waals surface area contributed by atoms with Crippen molar-refractivity contribution >= 4 is 22.6 Å². The maximum absolute atomic E-state index is 12.1. The zero-order valence-electron chi connectivity index (χ0n) is 13.0. The molecule has 2 rings (SSSR count). The van der Waals surface area contributed by atoms with Crippen molar-refractivity contribution in [2.75, 3.05) is 21.1 Å². The van der Waals surface area contributed by atoms with E-state index in [0.29, 0.717) is 10.9 Å². The van der Waals surface area contributed by atoms with Gasteiger partial charge in [-0.3, -0.25) is 9.59 Å². The number of amides is 1. The molecule has 5 nitrogen and oxygen atoms in total. The molecule has 0 fully saturated rings. The largest absolute Gasteiger partial charge is 0.497 e. The lowest BCUT2D eigenvalue weighted by Gasteiger charge is -2.08. The third-order valence-corrected chi connectivity index (χ3v) is 2.62. The van der Waals surface area contributed by atoms with Crippen LogP contribution in [0, 0.1) is 0 Å². The highest BCUT2D eigenvalue weighted by Gasteiger charge is 2.21. The maximum Gasteiger partial charge on any atom is 0.294 e. The molecule has 5 heteroatoms. The van der Waals surface area contributed by atoms with E-state index in [0.717, 1.165) is 0 Å². The molecule has 0 spiro atoms. The zero-order chi connectivity index (χ0) is 15.8. The Bertz CT molecular complexity index is 704. The van der Waals surface area contributed by atoms with Gasteiger partial charge in [-0.2, -0.15) is 0 Å². The number of methoxy groups -OCH3 is 1. The number of fused-ring (bicyclic) bond motifs is 1. The van der Waals surface area contributed by atoms with Crippen LogP contribution in [-0.2, 0) is 4.79 Å². The predicted molar refractivity (Wildman–Crippen MR) is 67.9 cm³/mol. The molecule has 0 saturated carbocycles. The summed E-state index contributed by atoms with van der Waals surface area (Å²) in [5, 5.41) is 0.442. The molecule has 0 unspecified atom stereocenters. The Morgan fingerprint density at radius 2 is 2.17 bits per heavy atom. The number of rotatable bonds is 3. The lowest BCUT2D eigenvalue weighted by atomic mass is 10.1. The number of carbonyl (C=O) groups excluding carboxylic acids is 2. The molecule has 0 radical (unpaired) electrons. The average Bonchev–Trinajstić information content (AvgIpc) is 2.77. The molecule has 18 heavy (non-hydrogen) atoms. The maximum atomic E-state index is 12.1. The molecule has 1 amide bonds. The molecule has 2 aromatic rings. The standard InChI is InChI=1S/C13H14N2O3/c1-15(2)13(17)12(16)10-7-14-11-5-4-8(18-3)6-9(10)11/h4-7,14H,1-3H3/i3D3. The lowest BCUT2D eigenvalue weighted by molar-refractivity contribution is -0.124. The van der Waals surface area contributed by atoms with Crippen molar-refractivity contribution in [2.45, 2.75) is 0 Å². The Labute approximate surface area is 109 Å². The Kier molecular flexibility index (Phi) is 2.20. The Morgan fingerprint density at radius 3 is 2.83 bits per heavy atom. The Hall–Kier alpha value is -2.30. The molecule has 0 bridgehead atoms. The average molecular weight is 249 g/mol. The minimum absolute atomic E-state index is 0.105. The number of nitrogens with zero attached hydrogens (tertiary/aromatic N) is 1. The number of ether oxygens (including phenoxy) is 1. The van der Waals surface area contributed by atoms with Gasteiger partial charge in [0.15, 0.2) is 0 Å². The van der Waals surface area contributed by atoms with E-state index in [1.54, 1.807) is 6.07 Å². The van der Waals surface area contributed by atoms with E-state index < -0.39 is 18.7 Å². The minimum Gasteiger partial charge on any atom is -0.497 e. The Morgan fingerprint density at radius 1 is 1.39 bits per heavy atom. The van der Waals surface area contributed by atoms with Crippen LogP contribution in [0.15, 0.2) is 24.4 Å². The van der Waals surface area contributed by atoms with Crippen molar-refractivity contribution in [1.29, 1.82) is 0 Å². The first-order chi connectivity index (χ1) is 9.69. The van der Waals surface area contributed by atoms with Gasteiger partial charge in [0.05, 0.1) is 16.7 Å².